The summed E-state index contributed by atoms with van der Waals surface area (Å²) in [7, 11) is 0. The van der Waals surface area contributed by atoms with Crippen LogP contribution in [0.15, 0.2) is 47.1 Å². The van der Waals surface area contributed by atoms with Gasteiger partial charge in [-0.25, -0.2) is 4.98 Å². The molecule has 0 aliphatic carbocycles. The molecule has 0 aliphatic heterocycles. The average Bonchev–Trinajstić information content (AvgIpc) is 2.36. The van der Waals surface area contributed by atoms with Crippen LogP contribution >= 0.6 is 27.5 Å². The topological polar surface area (TPSA) is 24.9 Å². The van der Waals surface area contributed by atoms with Crippen LogP contribution in [0.3, 0.4) is 0 Å². The Morgan fingerprint density at radius 3 is 2.78 bits per heavy atom. The van der Waals surface area contributed by atoms with Crippen molar-refractivity contribution in [1.29, 1.82) is 0 Å². The highest BCUT2D eigenvalue weighted by Gasteiger charge is 2.05. The summed E-state index contributed by atoms with van der Waals surface area (Å²) in [5, 5.41) is 4.19. The van der Waals surface area contributed by atoms with E-state index in [9.17, 15) is 0 Å². The molecule has 18 heavy (non-hydrogen) atoms. The molecule has 2 aromatic rings. The predicted octanol–water partition coefficient (Wildman–Crippen LogP) is 4.35. The van der Waals surface area contributed by atoms with Gasteiger partial charge in [0.2, 0.25) is 0 Å². The molecule has 1 atom stereocenters. The number of aromatic nitrogens is 1. The lowest BCUT2D eigenvalue weighted by Gasteiger charge is -2.14. The molecule has 1 N–H and O–H groups in total. The van der Waals surface area contributed by atoms with Gasteiger partial charge in [-0.1, -0.05) is 29.8 Å². The molecule has 0 amide bonds. The fourth-order valence-corrected chi connectivity index (χ4v) is 2.28. The maximum Gasteiger partial charge on any atom is 0.106 e. The van der Waals surface area contributed by atoms with Crippen molar-refractivity contribution >= 4 is 27.5 Å². The third-order valence-electron chi connectivity index (χ3n) is 2.71. The Bertz CT molecular complexity index is 531. The van der Waals surface area contributed by atoms with Crippen molar-refractivity contribution in [3.05, 3.63) is 63.3 Å². The SMILES string of the molecule is C[C@H](NCc1cccc(Br)n1)c1cccc(Cl)c1. The first kappa shape index (κ1) is 13.5. The molecule has 0 spiro atoms. The number of pyridine rings is 1. The van der Waals surface area contributed by atoms with Gasteiger partial charge in [0.25, 0.3) is 0 Å². The maximum absolute atomic E-state index is 5.98. The van der Waals surface area contributed by atoms with Crippen molar-refractivity contribution < 1.29 is 0 Å². The quantitative estimate of drug-likeness (QED) is 0.845. The van der Waals surface area contributed by atoms with Gasteiger partial charge in [-0.15, -0.1) is 0 Å². The molecule has 2 nitrogen and oxygen atoms in total. The lowest BCUT2D eigenvalue weighted by Crippen LogP contribution is -2.18. The summed E-state index contributed by atoms with van der Waals surface area (Å²) in [5.74, 6) is 0. The highest BCUT2D eigenvalue weighted by molar-refractivity contribution is 9.10. The van der Waals surface area contributed by atoms with Crippen LogP contribution in [-0.2, 0) is 6.54 Å². The van der Waals surface area contributed by atoms with Gasteiger partial charge in [0.05, 0.1) is 5.69 Å². The fourth-order valence-electron chi connectivity index (χ4n) is 1.70. The van der Waals surface area contributed by atoms with Gasteiger partial charge in [-0.2, -0.15) is 0 Å². The molecule has 2 rings (SSSR count). The lowest BCUT2D eigenvalue weighted by atomic mass is 10.1. The highest BCUT2D eigenvalue weighted by Crippen LogP contribution is 2.17. The molecule has 0 fully saturated rings. The number of hydrogen-bond acceptors (Lipinski definition) is 2. The van der Waals surface area contributed by atoms with Crippen LogP contribution in [0.2, 0.25) is 5.02 Å². The summed E-state index contributed by atoms with van der Waals surface area (Å²) in [6.45, 7) is 2.84. The van der Waals surface area contributed by atoms with E-state index in [2.05, 4.69) is 39.2 Å². The number of hydrogen-bond donors (Lipinski definition) is 1. The Morgan fingerprint density at radius 2 is 2.06 bits per heavy atom. The van der Waals surface area contributed by atoms with Crippen LogP contribution in [0, 0.1) is 0 Å². The van der Waals surface area contributed by atoms with Crippen molar-refractivity contribution in [2.24, 2.45) is 0 Å². The van der Waals surface area contributed by atoms with Crippen LogP contribution < -0.4 is 5.32 Å². The van der Waals surface area contributed by atoms with E-state index in [1.807, 2.05) is 36.4 Å². The molecule has 1 aromatic carbocycles. The molecule has 0 saturated carbocycles. The van der Waals surface area contributed by atoms with Gasteiger partial charge < -0.3 is 5.32 Å². The van der Waals surface area contributed by atoms with Crippen molar-refractivity contribution in [1.82, 2.24) is 10.3 Å². The lowest BCUT2D eigenvalue weighted by molar-refractivity contribution is 0.567. The summed E-state index contributed by atoms with van der Waals surface area (Å²) in [4.78, 5) is 4.38. The van der Waals surface area contributed by atoms with Gasteiger partial charge in [0.1, 0.15) is 4.60 Å². The molecule has 0 aliphatic rings. The standard InChI is InChI=1S/C14H14BrClN2/c1-10(11-4-2-5-12(16)8-11)17-9-13-6-3-7-14(15)18-13/h2-8,10,17H,9H2,1H3/t10-/m0/s1. The molecule has 0 bridgehead atoms. The number of rotatable bonds is 4. The normalized spacial score (nSPS) is 12.4. The van der Waals surface area contributed by atoms with E-state index >= 15 is 0 Å². The maximum atomic E-state index is 5.98. The zero-order valence-electron chi connectivity index (χ0n) is 10.0. The molecule has 0 radical (unpaired) electrons. The van der Waals surface area contributed by atoms with Crippen molar-refractivity contribution in [3.63, 3.8) is 0 Å². The van der Waals surface area contributed by atoms with Crippen LogP contribution in [0.5, 0.6) is 0 Å². The van der Waals surface area contributed by atoms with Gasteiger partial charge >= 0.3 is 0 Å². The summed E-state index contributed by atoms with van der Waals surface area (Å²) >= 11 is 9.35. The summed E-state index contributed by atoms with van der Waals surface area (Å²) in [6.07, 6.45) is 0. The smallest absolute Gasteiger partial charge is 0.106 e. The number of nitrogens with zero attached hydrogens (tertiary/aromatic N) is 1. The first-order valence-electron chi connectivity index (χ1n) is 5.75. The Balaban J connectivity index is 1.98. The van der Waals surface area contributed by atoms with E-state index in [1.165, 1.54) is 5.56 Å². The minimum atomic E-state index is 0.240. The van der Waals surface area contributed by atoms with E-state index in [4.69, 9.17) is 11.6 Å². The predicted molar refractivity (Wildman–Crippen MR) is 78.6 cm³/mol. The second-order valence-electron chi connectivity index (χ2n) is 4.11. The van der Waals surface area contributed by atoms with Crippen LogP contribution in [0.1, 0.15) is 24.2 Å². The first-order valence-corrected chi connectivity index (χ1v) is 6.92. The molecule has 4 heteroatoms. The van der Waals surface area contributed by atoms with Gasteiger partial charge in [-0.05, 0) is 52.7 Å². The Morgan fingerprint density at radius 1 is 1.28 bits per heavy atom. The molecule has 0 unspecified atom stereocenters. The van der Waals surface area contributed by atoms with Crippen LogP contribution in [0.4, 0.5) is 0 Å². The van der Waals surface area contributed by atoms with Gasteiger partial charge in [0.15, 0.2) is 0 Å². The number of benzene rings is 1. The van der Waals surface area contributed by atoms with Crippen LogP contribution in [-0.4, -0.2) is 4.98 Å². The number of nitrogens with one attached hydrogen (secondary N) is 1. The minimum Gasteiger partial charge on any atom is -0.305 e. The van der Waals surface area contributed by atoms with Crippen molar-refractivity contribution in [2.75, 3.05) is 0 Å². The van der Waals surface area contributed by atoms with Gasteiger partial charge in [0, 0.05) is 17.6 Å². The zero-order chi connectivity index (χ0) is 13.0. The van der Waals surface area contributed by atoms with E-state index in [0.29, 0.717) is 0 Å². The summed E-state index contributed by atoms with van der Waals surface area (Å²) < 4.78 is 0.859. The highest BCUT2D eigenvalue weighted by atomic mass is 79.9. The summed E-state index contributed by atoms with van der Waals surface area (Å²) in [5.41, 5.74) is 2.19. The molecule has 0 saturated heterocycles. The molecule has 1 heterocycles. The Kier molecular flexibility index (Phi) is 4.75. The number of halogens is 2. The van der Waals surface area contributed by atoms with Gasteiger partial charge in [-0.3, -0.25) is 0 Å². The van der Waals surface area contributed by atoms with Crippen molar-refractivity contribution in [2.45, 2.75) is 19.5 Å². The Hall–Kier alpha value is -0.900. The average molecular weight is 326 g/mol. The largest absolute Gasteiger partial charge is 0.305 e. The minimum absolute atomic E-state index is 0.240. The third kappa shape index (κ3) is 3.80. The molecular weight excluding hydrogens is 312 g/mol. The molecule has 1 aromatic heterocycles. The third-order valence-corrected chi connectivity index (χ3v) is 3.39. The zero-order valence-corrected chi connectivity index (χ0v) is 12.4. The van der Waals surface area contributed by atoms with E-state index in [-0.39, 0.29) is 6.04 Å². The van der Waals surface area contributed by atoms with E-state index in [0.717, 1.165) is 21.9 Å². The van der Waals surface area contributed by atoms with Crippen LogP contribution in [0.25, 0.3) is 0 Å². The molecular formula is C14H14BrClN2. The van der Waals surface area contributed by atoms with E-state index in [1.54, 1.807) is 0 Å². The molecule has 94 valence electrons. The Labute approximate surface area is 121 Å². The first-order chi connectivity index (χ1) is 8.65. The van der Waals surface area contributed by atoms with E-state index < -0.39 is 0 Å². The second-order valence-corrected chi connectivity index (χ2v) is 5.36. The summed E-state index contributed by atoms with van der Waals surface area (Å²) in [6, 6.07) is 14.0. The fraction of sp³-hybridized carbons (Fsp3) is 0.214. The second kappa shape index (κ2) is 6.32. The van der Waals surface area contributed by atoms with Crippen molar-refractivity contribution in [3.8, 4) is 0 Å². The monoisotopic (exact) mass is 324 g/mol.